The quantitative estimate of drug-likeness (QED) is 0.754. The highest BCUT2D eigenvalue weighted by Crippen LogP contribution is 2.23. The number of hydrogen-bond acceptors (Lipinski definition) is 3. The van der Waals surface area contributed by atoms with Crippen LogP contribution in [0.1, 0.15) is 40.2 Å². The molecule has 1 aromatic rings. The van der Waals surface area contributed by atoms with Crippen LogP contribution in [0.4, 0.5) is 0 Å². The molecule has 20 heavy (non-hydrogen) atoms. The molecule has 1 rings (SSSR count). The van der Waals surface area contributed by atoms with Crippen LogP contribution in [0.15, 0.2) is 22.7 Å². The summed E-state index contributed by atoms with van der Waals surface area (Å²) >= 11 is 3.51. The second-order valence-corrected chi connectivity index (χ2v) is 7.04. The zero-order valence-corrected chi connectivity index (χ0v) is 14.7. The van der Waals surface area contributed by atoms with E-state index in [0.29, 0.717) is 13.2 Å². The van der Waals surface area contributed by atoms with Crippen LogP contribution in [0.5, 0.6) is 5.75 Å². The summed E-state index contributed by atoms with van der Waals surface area (Å²) in [6.07, 6.45) is 0.241. The van der Waals surface area contributed by atoms with Crippen molar-refractivity contribution < 1.29 is 9.47 Å². The number of hydrogen-bond donors (Lipinski definition) is 1. The van der Waals surface area contributed by atoms with Crippen LogP contribution < -0.4 is 10.1 Å². The Morgan fingerprint density at radius 3 is 2.50 bits per heavy atom. The predicted octanol–water partition coefficient (Wildman–Crippen LogP) is 4.14. The first-order valence-electron chi connectivity index (χ1n) is 7.06. The summed E-state index contributed by atoms with van der Waals surface area (Å²) in [5.74, 6) is 0.914. The van der Waals surface area contributed by atoms with Gasteiger partial charge in [-0.2, -0.15) is 0 Å². The second kappa shape index (κ2) is 8.01. The monoisotopic (exact) mass is 343 g/mol. The molecule has 1 aromatic carbocycles. The first kappa shape index (κ1) is 17.5. The topological polar surface area (TPSA) is 30.5 Å². The SMILES string of the molecule is CC(C)OCCOc1ccc(Br)cc1CNC(C)(C)C. The molecule has 0 atom stereocenters. The van der Waals surface area contributed by atoms with E-state index < -0.39 is 0 Å². The Labute approximate surface area is 131 Å². The molecule has 4 heteroatoms. The van der Waals surface area contributed by atoms with Crippen molar-refractivity contribution in [3.05, 3.63) is 28.2 Å². The number of benzene rings is 1. The molecule has 114 valence electrons. The Bertz CT molecular complexity index is 413. The first-order valence-corrected chi connectivity index (χ1v) is 7.85. The molecular formula is C16H26BrNO2. The average Bonchev–Trinajstić information content (AvgIpc) is 2.32. The Kier molecular flexibility index (Phi) is 7.00. The van der Waals surface area contributed by atoms with E-state index in [-0.39, 0.29) is 11.6 Å². The highest BCUT2D eigenvalue weighted by Gasteiger charge is 2.11. The number of halogens is 1. The van der Waals surface area contributed by atoms with Crippen molar-refractivity contribution in [2.24, 2.45) is 0 Å². The molecule has 0 unspecified atom stereocenters. The van der Waals surface area contributed by atoms with E-state index in [9.17, 15) is 0 Å². The Hall–Kier alpha value is -0.580. The van der Waals surface area contributed by atoms with Crippen molar-refractivity contribution in [3.63, 3.8) is 0 Å². The van der Waals surface area contributed by atoms with Crippen LogP contribution in [-0.2, 0) is 11.3 Å². The van der Waals surface area contributed by atoms with Crippen LogP contribution in [0, 0.1) is 0 Å². The zero-order chi connectivity index (χ0) is 15.2. The van der Waals surface area contributed by atoms with Gasteiger partial charge in [0.1, 0.15) is 12.4 Å². The molecule has 0 amide bonds. The van der Waals surface area contributed by atoms with Crippen molar-refractivity contribution in [2.75, 3.05) is 13.2 Å². The van der Waals surface area contributed by atoms with Gasteiger partial charge in [0.25, 0.3) is 0 Å². The molecule has 0 aromatic heterocycles. The number of ether oxygens (including phenoxy) is 2. The highest BCUT2D eigenvalue weighted by molar-refractivity contribution is 9.10. The molecule has 0 fully saturated rings. The molecule has 0 aliphatic rings. The first-order chi connectivity index (χ1) is 9.28. The maximum Gasteiger partial charge on any atom is 0.123 e. The summed E-state index contributed by atoms with van der Waals surface area (Å²) in [6.45, 7) is 12.5. The van der Waals surface area contributed by atoms with Gasteiger partial charge in [-0.05, 0) is 52.8 Å². The molecule has 0 aliphatic carbocycles. The van der Waals surface area contributed by atoms with E-state index in [4.69, 9.17) is 9.47 Å². The molecular weight excluding hydrogens is 318 g/mol. The lowest BCUT2D eigenvalue weighted by atomic mass is 10.1. The van der Waals surface area contributed by atoms with Gasteiger partial charge in [0.2, 0.25) is 0 Å². The van der Waals surface area contributed by atoms with Crippen molar-refractivity contribution >= 4 is 15.9 Å². The summed E-state index contributed by atoms with van der Waals surface area (Å²) in [5, 5.41) is 3.48. The molecule has 0 bridgehead atoms. The largest absolute Gasteiger partial charge is 0.491 e. The predicted molar refractivity (Wildman–Crippen MR) is 87.3 cm³/mol. The average molecular weight is 344 g/mol. The molecule has 0 heterocycles. The summed E-state index contributed by atoms with van der Waals surface area (Å²) < 4.78 is 12.4. The molecule has 3 nitrogen and oxygen atoms in total. The maximum atomic E-state index is 5.82. The summed E-state index contributed by atoms with van der Waals surface area (Å²) in [6, 6.07) is 6.09. The van der Waals surface area contributed by atoms with Gasteiger partial charge in [-0.3, -0.25) is 0 Å². The fraction of sp³-hybridized carbons (Fsp3) is 0.625. The molecule has 0 spiro atoms. The van der Waals surface area contributed by atoms with Crippen LogP contribution in [0.25, 0.3) is 0 Å². The minimum absolute atomic E-state index is 0.0837. The third-order valence-corrected chi connectivity index (χ3v) is 3.12. The van der Waals surface area contributed by atoms with Crippen molar-refractivity contribution in [2.45, 2.75) is 52.8 Å². The standard InChI is InChI=1S/C16H26BrNO2/c1-12(2)19-8-9-20-15-7-6-14(17)10-13(15)11-18-16(3,4)5/h6-7,10,12,18H,8-9,11H2,1-5H3. The molecule has 0 radical (unpaired) electrons. The Balaban J connectivity index is 2.60. The van der Waals surface area contributed by atoms with Crippen molar-refractivity contribution in [1.29, 1.82) is 0 Å². The lowest BCUT2D eigenvalue weighted by Gasteiger charge is -2.22. The third-order valence-electron chi connectivity index (χ3n) is 2.62. The van der Waals surface area contributed by atoms with E-state index in [0.717, 1.165) is 22.3 Å². The highest BCUT2D eigenvalue weighted by atomic mass is 79.9. The van der Waals surface area contributed by atoms with E-state index in [1.54, 1.807) is 0 Å². The smallest absolute Gasteiger partial charge is 0.123 e. The molecule has 0 saturated carbocycles. The fourth-order valence-electron chi connectivity index (χ4n) is 1.62. The van der Waals surface area contributed by atoms with Crippen molar-refractivity contribution in [3.8, 4) is 5.75 Å². The van der Waals surface area contributed by atoms with Gasteiger partial charge in [-0.15, -0.1) is 0 Å². The zero-order valence-electron chi connectivity index (χ0n) is 13.1. The summed E-state index contributed by atoms with van der Waals surface area (Å²) in [5.41, 5.74) is 1.24. The normalized spacial score (nSPS) is 11.9. The second-order valence-electron chi connectivity index (χ2n) is 6.12. The van der Waals surface area contributed by atoms with Crippen LogP contribution in [0.2, 0.25) is 0 Å². The van der Waals surface area contributed by atoms with Gasteiger partial charge >= 0.3 is 0 Å². The molecule has 1 N–H and O–H groups in total. The van der Waals surface area contributed by atoms with E-state index in [1.165, 1.54) is 0 Å². The van der Waals surface area contributed by atoms with Gasteiger partial charge in [0.05, 0.1) is 12.7 Å². The summed E-state index contributed by atoms with van der Waals surface area (Å²) in [7, 11) is 0. The van der Waals surface area contributed by atoms with Crippen LogP contribution >= 0.6 is 15.9 Å². The Morgan fingerprint density at radius 1 is 1.20 bits per heavy atom. The molecule has 0 aliphatic heterocycles. The third kappa shape index (κ3) is 7.27. The van der Waals surface area contributed by atoms with Gasteiger partial charge in [-0.1, -0.05) is 15.9 Å². The lowest BCUT2D eigenvalue weighted by Crippen LogP contribution is -2.35. The lowest BCUT2D eigenvalue weighted by molar-refractivity contribution is 0.0550. The minimum Gasteiger partial charge on any atom is -0.491 e. The summed E-state index contributed by atoms with van der Waals surface area (Å²) in [4.78, 5) is 0. The fourth-order valence-corrected chi connectivity index (χ4v) is 2.03. The van der Waals surface area contributed by atoms with E-state index >= 15 is 0 Å². The number of rotatable bonds is 7. The van der Waals surface area contributed by atoms with E-state index in [1.807, 2.05) is 26.0 Å². The van der Waals surface area contributed by atoms with Gasteiger partial charge in [0.15, 0.2) is 0 Å². The number of nitrogens with one attached hydrogen (secondary N) is 1. The molecule has 0 saturated heterocycles. The van der Waals surface area contributed by atoms with Gasteiger partial charge in [-0.25, -0.2) is 0 Å². The minimum atomic E-state index is 0.0837. The van der Waals surface area contributed by atoms with Gasteiger partial charge in [0, 0.05) is 22.1 Å². The van der Waals surface area contributed by atoms with Gasteiger partial charge < -0.3 is 14.8 Å². The van der Waals surface area contributed by atoms with Crippen LogP contribution in [0.3, 0.4) is 0 Å². The van der Waals surface area contributed by atoms with Crippen LogP contribution in [-0.4, -0.2) is 24.9 Å². The Morgan fingerprint density at radius 2 is 1.90 bits per heavy atom. The van der Waals surface area contributed by atoms with E-state index in [2.05, 4.69) is 48.1 Å². The maximum absolute atomic E-state index is 5.82. The van der Waals surface area contributed by atoms with Crippen molar-refractivity contribution in [1.82, 2.24) is 5.32 Å².